The summed E-state index contributed by atoms with van der Waals surface area (Å²) in [6.45, 7) is 1.95. The Bertz CT molecular complexity index is 569. The third-order valence-electron chi connectivity index (χ3n) is 2.23. The molecule has 0 spiro atoms. The number of hydrogen-bond acceptors (Lipinski definition) is 7. The number of rotatable bonds is 3. The van der Waals surface area contributed by atoms with Crippen LogP contribution in [0.5, 0.6) is 0 Å². The van der Waals surface area contributed by atoms with Crippen molar-refractivity contribution in [2.75, 3.05) is 24.7 Å². The van der Waals surface area contributed by atoms with Crippen LogP contribution in [0.2, 0.25) is 0 Å². The van der Waals surface area contributed by atoms with Gasteiger partial charge in [0, 0.05) is 14.1 Å². The molecule has 2 rings (SSSR count). The first-order valence-corrected chi connectivity index (χ1v) is 7.51. The summed E-state index contributed by atoms with van der Waals surface area (Å²) in [6, 6.07) is 0. The second-order valence-corrected chi connectivity index (χ2v) is 6.79. The summed E-state index contributed by atoms with van der Waals surface area (Å²) in [6.07, 6.45) is 1.66. The molecule has 0 aromatic carbocycles. The summed E-state index contributed by atoms with van der Waals surface area (Å²) in [4.78, 5) is 6.23. The number of nitrogens with two attached hydrogens (primary N) is 1. The average molecular weight is 346 g/mol. The van der Waals surface area contributed by atoms with Crippen molar-refractivity contribution >= 4 is 49.8 Å². The minimum atomic E-state index is 0.678. The van der Waals surface area contributed by atoms with E-state index in [1.165, 1.54) is 23.1 Å². The SMILES string of the molecule is Cc1c(N)cnc(Sc2nnc(N(C)C)s2)c1Br. The summed E-state index contributed by atoms with van der Waals surface area (Å²) in [7, 11) is 3.88. The topological polar surface area (TPSA) is 67.9 Å². The fraction of sp³-hybridized carbons (Fsp3) is 0.300. The van der Waals surface area contributed by atoms with Gasteiger partial charge in [-0.25, -0.2) is 4.98 Å². The van der Waals surface area contributed by atoms with Crippen molar-refractivity contribution in [2.24, 2.45) is 0 Å². The molecule has 0 aliphatic heterocycles. The molecule has 0 fully saturated rings. The second kappa shape index (κ2) is 5.41. The number of anilines is 2. The Morgan fingerprint density at radius 1 is 1.39 bits per heavy atom. The van der Waals surface area contributed by atoms with Crippen molar-refractivity contribution in [2.45, 2.75) is 16.3 Å². The molecule has 0 amide bonds. The highest BCUT2D eigenvalue weighted by atomic mass is 79.9. The molecule has 0 aliphatic carbocycles. The molecule has 0 bridgehead atoms. The van der Waals surface area contributed by atoms with Gasteiger partial charge in [-0.05, 0) is 40.2 Å². The fourth-order valence-corrected chi connectivity index (χ4v) is 3.45. The van der Waals surface area contributed by atoms with Crippen LogP contribution in [0.15, 0.2) is 20.0 Å². The molecule has 5 nitrogen and oxygen atoms in total. The van der Waals surface area contributed by atoms with Gasteiger partial charge < -0.3 is 10.6 Å². The van der Waals surface area contributed by atoms with Crippen LogP contribution in [0.1, 0.15) is 5.56 Å². The number of aromatic nitrogens is 3. The molecular weight excluding hydrogens is 334 g/mol. The van der Waals surface area contributed by atoms with E-state index in [4.69, 9.17) is 5.73 Å². The van der Waals surface area contributed by atoms with Gasteiger partial charge in [0.2, 0.25) is 5.13 Å². The molecule has 0 saturated heterocycles. The molecular formula is C10H12BrN5S2. The van der Waals surface area contributed by atoms with E-state index in [1.807, 2.05) is 25.9 Å². The zero-order valence-electron chi connectivity index (χ0n) is 10.1. The normalized spacial score (nSPS) is 10.7. The van der Waals surface area contributed by atoms with Gasteiger partial charge in [-0.1, -0.05) is 11.3 Å². The molecule has 2 heterocycles. The molecule has 0 atom stereocenters. The van der Waals surface area contributed by atoms with Crippen molar-refractivity contribution in [1.29, 1.82) is 0 Å². The Kier molecular flexibility index (Phi) is 4.08. The van der Waals surface area contributed by atoms with Crippen LogP contribution in [0, 0.1) is 6.92 Å². The van der Waals surface area contributed by atoms with Crippen molar-refractivity contribution in [1.82, 2.24) is 15.2 Å². The molecule has 0 aliphatic rings. The minimum absolute atomic E-state index is 0.678. The largest absolute Gasteiger partial charge is 0.397 e. The van der Waals surface area contributed by atoms with Gasteiger partial charge in [0.1, 0.15) is 5.03 Å². The first-order chi connectivity index (χ1) is 8.49. The molecule has 2 aromatic heterocycles. The van der Waals surface area contributed by atoms with Gasteiger partial charge >= 0.3 is 0 Å². The summed E-state index contributed by atoms with van der Waals surface area (Å²) in [5.41, 5.74) is 7.46. The highest BCUT2D eigenvalue weighted by molar-refractivity contribution is 9.10. The third kappa shape index (κ3) is 2.76. The van der Waals surface area contributed by atoms with Gasteiger partial charge in [-0.2, -0.15) is 0 Å². The minimum Gasteiger partial charge on any atom is -0.397 e. The van der Waals surface area contributed by atoms with Crippen molar-refractivity contribution in [3.8, 4) is 0 Å². The molecule has 96 valence electrons. The van der Waals surface area contributed by atoms with Gasteiger partial charge in [-0.15, -0.1) is 10.2 Å². The van der Waals surface area contributed by atoms with Crippen LogP contribution in [-0.4, -0.2) is 29.3 Å². The van der Waals surface area contributed by atoms with Crippen LogP contribution >= 0.6 is 39.0 Å². The number of nitrogen functional groups attached to an aromatic ring is 1. The predicted octanol–water partition coefficient (Wildman–Crippen LogP) is 2.80. The highest BCUT2D eigenvalue weighted by Crippen LogP contribution is 2.37. The third-order valence-corrected chi connectivity index (χ3v) is 5.61. The van der Waals surface area contributed by atoms with E-state index in [2.05, 4.69) is 31.1 Å². The lowest BCUT2D eigenvalue weighted by molar-refractivity contribution is 0.969. The number of nitrogens with zero attached hydrogens (tertiary/aromatic N) is 4. The summed E-state index contributed by atoms with van der Waals surface area (Å²) in [5.74, 6) is 0. The van der Waals surface area contributed by atoms with Gasteiger partial charge in [0.25, 0.3) is 0 Å². The highest BCUT2D eigenvalue weighted by Gasteiger charge is 2.13. The van der Waals surface area contributed by atoms with Crippen molar-refractivity contribution < 1.29 is 0 Å². The van der Waals surface area contributed by atoms with E-state index in [-0.39, 0.29) is 0 Å². The van der Waals surface area contributed by atoms with Crippen LogP contribution in [0.4, 0.5) is 10.8 Å². The Morgan fingerprint density at radius 2 is 2.11 bits per heavy atom. The summed E-state index contributed by atoms with van der Waals surface area (Å²) in [5, 5.41) is 9.94. The van der Waals surface area contributed by atoms with Crippen LogP contribution in [0.25, 0.3) is 0 Å². The lowest BCUT2D eigenvalue weighted by Crippen LogP contribution is -2.07. The average Bonchev–Trinajstić information content (AvgIpc) is 2.79. The molecule has 18 heavy (non-hydrogen) atoms. The lowest BCUT2D eigenvalue weighted by Gasteiger charge is -2.06. The molecule has 0 saturated carbocycles. The fourth-order valence-electron chi connectivity index (χ4n) is 1.15. The Morgan fingerprint density at radius 3 is 2.72 bits per heavy atom. The van der Waals surface area contributed by atoms with Gasteiger partial charge in [-0.3, -0.25) is 0 Å². The maximum atomic E-state index is 5.79. The number of halogens is 1. The smallest absolute Gasteiger partial charge is 0.208 e. The number of hydrogen-bond donors (Lipinski definition) is 1. The maximum Gasteiger partial charge on any atom is 0.208 e. The van der Waals surface area contributed by atoms with E-state index >= 15 is 0 Å². The Labute approximate surface area is 122 Å². The first kappa shape index (κ1) is 13.6. The summed E-state index contributed by atoms with van der Waals surface area (Å²) < 4.78 is 1.77. The quantitative estimate of drug-likeness (QED) is 0.922. The zero-order chi connectivity index (χ0) is 13.3. The van der Waals surface area contributed by atoms with Crippen molar-refractivity contribution in [3.63, 3.8) is 0 Å². The monoisotopic (exact) mass is 345 g/mol. The predicted molar refractivity (Wildman–Crippen MR) is 79.4 cm³/mol. The lowest BCUT2D eigenvalue weighted by atomic mass is 10.3. The molecule has 2 aromatic rings. The van der Waals surface area contributed by atoms with Crippen molar-refractivity contribution in [3.05, 3.63) is 16.2 Å². The van der Waals surface area contributed by atoms with Gasteiger partial charge in [0.05, 0.1) is 16.4 Å². The zero-order valence-corrected chi connectivity index (χ0v) is 13.4. The van der Waals surface area contributed by atoms with E-state index in [9.17, 15) is 0 Å². The van der Waals surface area contributed by atoms with Crippen LogP contribution in [-0.2, 0) is 0 Å². The van der Waals surface area contributed by atoms with E-state index < -0.39 is 0 Å². The molecule has 0 unspecified atom stereocenters. The van der Waals surface area contributed by atoms with E-state index in [0.717, 1.165) is 24.5 Å². The second-order valence-electron chi connectivity index (χ2n) is 3.80. The van der Waals surface area contributed by atoms with E-state index in [1.54, 1.807) is 6.20 Å². The van der Waals surface area contributed by atoms with E-state index in [0.29, 0.717) is 5.69 Å². The maximum absolute atomic E-state index is 5.79. The van der Waals surface area contributed by atoms with Crippen LogP contribution < -0.4 is 10.6 Å². The van der Waals surface area contributed by atoms with Crippen LogP contribution in [0.3, 0.4) is 0 Å². The Hall–Kier alpha value is -0.860. The van der Waals surface area contributed by atoms with Gasteiger partial charge in [0.15, 0.2) is 4.34 Å². The summed E-state index contributed by atoms with van der Waals surface area (Å²) >= 11 is 6.52. The molecule has 0 radical (unpaired) electrons. The first-order valence-electron chi connectivity index (χ1n) is 5.08. The Balaban J connectivity index is 2.26. The standard InChI is InChI=1S/C10H12BrN5S2/c1-5-6(12)4-13-8(7(5)11)17-10-15-14-9(18-10)16(2)3/h4H,12H2,1-3H3. The molecule has 8 heteroatoms. The number of pyridine rings is 1. The molecule has 2 N–H and O–H groups in total.